The van der Waals surface area contributed by atoms with Gasteiger partial charge in [0.1, 0.15) is 0 Å². The van der Waals surface area contributed by atoms with Crippen LogP contribution < -0.4 is 5.43 Å². The van der Waals surface area contributed by atoms with E-state index in [2.05, 4.69) is 22.4 Å². The second-order valence-corrected chi connectivity index (χ2v) is 3.52. The highest BCUT2D eigenvalue weighted by Gasteiger charge is 1.88. The monoisotopic (exact) mass is 211 g/mol. The van der Waals surface area contributed by atoms with E-state index in [0.29, 0.717) is 0 Å². The van der Waals surface area contributed by atoms with E-state index in [1.807, 2.05) is 36.4 Å². The highest BCUT2D eigenvalue weighted by molar-refractivity contribution is 5.79. The number of aryl methyl sites for hydroxylation is 1. The molecule has 0 unspecified atom stereocenters. The number of nitrogens with zero attached hydrogens (tertiary/aromatic N) is 2. The van der Waals surface area contributed by atoms with Crippen LogP contribution in [0.1, 0.15) is 11.1 Å². The highest BCUT2D eigenvalue weighted by Crippen LogP contribution is 2.08. The second-order valence-electron chi connectivity index (χ2n) is 3.52. The van der Waals surface area contributed by atoms with Gasteiger partial charge >= 0.3 is 0 Å². The summed E-state index contributed by atoms with van der Waals surface area (Å²) in [5, 5.41) is 4.14. The van der Waals surface area contributed by atoms with E-state index in [-0.39, 0.29) is 0 Å². The summed E-state index contributed by atoms with van der Waals surface area (Å²) in [5.74, 6) is 0. The molecule has 0 saturated carbocycles. The molecule has 1 aromatic carbocycles. The van der Waals surface area contributed by atoms with Gasteiger partial charge in [-0.15, -0.1) is 0 Å². The average molecular weight is 211 g/mol. The van der Waals surface area contributed by atoms with Crippen molar-refractivity contribution in [3.8, 4) is 0 Å². The highest BCUT2D eigenvalue weighted by atomic mass is 15.3. The number of hydrazone groups is 1. The summed E-state index contributed by atoms with van der Waals surface area (Å²) >= 11 is 0. The fraction of sp³-hybridized carbons (Fsp3) is 0.0769. The van der Waals surface area contributed by atoms with Gasteiger partial charge in [-0.05, 0) is 36.8 Å². The van der Waals surface area contributed by atoms with Crippen LogP contribution in [0.2, 0.25) is 0 Å². The maximum Gasteiger partial charge on any atom is 0.0561 e. The van der Waals surface area contributed by atoms with Crippen LogP contribution in [0.3, 0.4) is 0 Å². The number of aromatic nitrogens is 1. The molecule has 0 bridgehead atoms. The first-order chi connectivity index (χ1) is 7.84. The number of hydrogen-bond donors (Lipinski definition) is 1. The Hall–Kier alpha value is -2.16. The maximum absolute atomic E-state index is 4.14. The van der Waals surface area contributed by atoms with Gasteiger partial charge in [0, 0.05) is 12.4 Å². The molecule has 1 heterocycles. The number of nitrogens with one attached hydrogen (secondary N) is 1. The van der Waals surface area contributed by atoms with E-state index < -0.39 is 0 Å². The minimum atomic E-state index is 0.982. The average Bonchev–Trinajstić information content (AvgIpc) is 2.33. The smallest absolute Gasteiger partial charge is 0.0561 e. The number of hydrogen-bond acceptors (Lipinski definition) is 3. The first-order valence-corrected chi connectivity index (χ1v) is 5.10. The van der Waals surface area contributed by atoms with Gasteiger partial charge in [0.25, 0.3) is 0 Å². The summed E-state index contributed by atoms with van der Waals surface area (Å²) in [6, 6.07) is 11.9. The molecule has 0 saturated heterocycles. The van der Waals surface area contributed by atoms with Gasteiger partial charge in [0.2, 0.25) is 0 Å². The van der Waals surface area contributed by atoms with Crippen molar-refractivity contribution in [2.75, 3.05) is 5.43 Å². The Labute approximate surface area is 94.9 Å². The van der Waals surface area contributed by atoms with Crippen molar-refractivity contribution in [1.82, 2.24) is 4.98 Å². The zero-order valence-electron chi connectivity index (χ0n) is 9.09. The quantitative estimate of drug-likeness (QED) is 0.626. The van der Waals surface area contributed by atoms with Gasteiger partial charge in [-0.1, -0.05) is 17.7 Å². The van der Waals surface area contributed by atoms with Crippen LogP contribution in [0.4, 0.5) is 5.69 Å². The van der Waals surface area contributed by atoms with Crippen molar-refractivity contribution in [1.29, 1.82) is 0 Å². The summed E-state index contributed by atoms with van der Waals surface area (Å²) in [5.41, 5.74) is 6.21. The Morgan fingerprint density at radius 1 is 1.06 bits per heavy atom. The second kappa shape index (κ2) is 5.07. The predicted molar refractivity (Wildman–Crippen MR) is 66.6 cm³/mol. The third-order valence-corrected chi connectivity index (χ3v) is 2.16. The Bertz CT molecular complexity index is 460. The topological polar surface area (TPSA) is 37.3 Å². The lowest BCUT2D eigenvalue weighted by Gasteiger charge is -1.99. The lowest BCUT2D eigenvalue weighted by Crippen LogP contribution is -1.90. The maximum atomic E-state index is 4.14. The molecule has 0 aliphatic heterocycles. The molecule has 1 aromatic heterocycles. The first-order valence-electron chi connectivity index (χ1n) is 5.10. The van der Waals surface area contributed by atoms with Crippen LogP contribution in [0.5, 0.6) is 0 Å². The van der Waals surface area contributed by atoms with Gasteiger partial charge in [-0.3, -0.25) is 10.4 Å². The molecule has 0 aliphatic carbocycles. The third kappa shape index (κ3) is 2.92. The summed E-state index contributed by atoms with van der Waals surface area (Å²) in [6.45, 7) is 2.06. The van der Waals surface area contributed by atoms with Gasteiger partial charge < -0.3 is 0 Å². The molecule has 1 N–H and O–H groups in total. The SMILES string of the molecule is Cc1ccc(NN=Cc2ccncc2)cc1. The van der Waals surface area contributed by atoms with Crippen molar-refractivity contribution in [2.24, 2.45) is 5.10 Å². The molecular weight excluding hydrogens is 198 g/mol. The molecule has 0 radical (unpaired) electrons. The predicted octanol–water partition coefficient (Wildman–Crippen LogP) is 2.84. The minimum Gasteiger partial charge on any atom is -0.279 e. The normalized spacial score (nSPS) is 10.6. The number of anilines is 1. The van der Waals surface area contributed by atoms with Crippen molar-refractivity contribution in [3.63, 3.8) is 0 Å². The van der Waals surface area contributed by atoms with Gasteiger partial charge in [-0.25, -0.2) is 0 Å². The lowest BCUT2D eigenvalue weighted by atomic mass is 10.2. The molecule has 3 heteroatoms. The van der Waals surface area contributed by atoms with E-state index >= 15 is 0 Å². The van der Waals surface area contributed by atoms with Gasteiger partial charge in [0.15, 0.2) is 0 Å². The molecule has 2 aromatic rings. The molecule has 0 aliphatic rings. The molecule has 0 amide bonds. The fourth-order valence-corrected chi connectivity index (χ4v) is 1.26. The molecule has 80 valence electrons. The molecule has 16 heavy (non-hydrogen) atoms. The molecule has 0 spiro atoms. The third-order valence-electron chi connectivity index (χ3n) is 2.16. The van der Waals surface area contributed by atoms with Crippen molar-refractivity contribution in [2.45, 2.75) is 6.92 Å². The molecular formula is C13H13N3. The zero-order chi connectivity index (χ0) is 11.2. The van der Waals surface area contributed by atoms with E-state index in [9.17, 15) is 0 Å². The van der Waals surface area contributed by atoms with Crippen LogP contribution >= 0.6 is 0 Å². The van der Waals surface area contributed by atoms with Crippen molar-refractivity contribution >= 4 is 11.9 Å². The van der Waals surface area contributed by atoms with E-state index in [1.165, 1.54) is 5.56 Å². The van der Waals surface area contributed by atoms with Crippen LogP contribution in [0.15, 0.2) is 53.9 Å². The van der Waals surface area contributed by atoms with E-state index in [1.54, 1.807) is 18.6 Å². The number of benzene rings is 1. The Kier molecular flexibility index (Phi) is 3.28. The van der Waals surface area contributed by atoms with Gasteiger partial charge in [0.05, 0.1) is 11.9 Å². The zero-order valence-corrected chi connectivity index (χ0v) is 9.09. The van der Waals surface area contributed by atoms with E-state index in [4.69, 9.17) is 0 Å². The standard InChI is InChI=1S/C13H13N3/c1-11-2-4-13(5-3-11)16-15-10-12-6-8-14-9-7-12/h2-10,16H,1H3. The number of pyridine rings is 1. The largest absolute Gasteiger partial charge is 0.279 e. The van der Waals surface area contributed by atoms with E-state index in [0.717, 1.165) is 11.3 Å². The lowest BCUT2D eigenvalue weighted by molar-refractivity contribution is 1.31. The summed E-state index contributed by atoms with van der Waals surface area (Å²) in [7, 11) is 0. The molecule has 3 nitrogen and oxygen atoms in total. The van der Waals surface area contributed by atoms with Crippen LogP contribution in [-0.2, 0) is 0 Å². The fourth-order valence-electron chi connectivity index (χ4n) is 1.26. The van der Waals surface area contributed by atoms with Crippen LogP contribution in [0, 0.1) is 6.92 Å². The van der Waals surface area contributed by atoms with Crippen LogP contribution in [0.25, 0.3) is 0 Å². The Balaban J connectivity index is 1.97. The summed E-state index contributed by atoms with van der Waals surface area (Å²) < 4.78 is 0. The molecule has 2 rings (SSSR count). The van der Waals surface area contributed by atoms with Crippen LogP contribution in [-0.4, -0.2) is 11.2 Å². The molecule has 0 atom stereocenters. The number of rotatable bonds is 3. The van der Waals surface area contributed by atoms with Crippen molar-refractivity contribution < 1.29 is 0 Å². The molecule has 0 fully saturated rings. The summed E-state index contributed by atoms with van der Waals surface area (Å²) in [4.78, 5) is 3.94. The van der Waals surface area contributed by atoms with Gasteiger partial charge in [-0.2, -0.15) is 5.10 Å². The Morgan fingerprint density at radius 3 is 2.44 bits per heavy atom. The minimum absolute atomic E-state index is 0.982. The van der Waals surface area contributed by atoms with Crippen molar-refractivity contribution in [3.05, 3.63) is 59.9 Å². The summed E-state index contributed by atoms with van der Waals surface area (Å²) in [6.07, 6.45) is 5.25. The Morgan fingerprint density at radius 2 is 1.75 bits per heavy atom. The first kappa shape index (κ1) is 10.4.